The van der Waals surface area contributed by atoms with Crippen LogP contribution in [-0.4, -0.2) is 44.4 Å². The van der Waals surface area contributed by atoms with E-state index in [-0.39, 0.29) is 18.1 Å². The zero-order valence-corrected chi connectivity index (χ0v) is 16.2. The first-order valence-electron chi connectivity index (χ1n) is 9.35. The molecule has 0 aromatic heterocycles. The van der Waals surface area contributed by atoms with Crippen LogP contribution in [0.3, 0.4) is 0 Å². The predicted octanol–water partition coefficient (Wildman–Crippen LogP) is 3.12. The molecule has 0 aliphatic carbocycles. The van der Waals surface area contributed by atoms with Crippen molar-refractivity contribution in [3.8, 4) is 0 Å². The van der Waals surface area contributed by atoms with Crippen molar-refractivity contribution in [3.05, 3.63) is 35.9 Å². The molecule has 3 N–H and O–H groups in total. The van der Waals surface area contributed by atoms with Gasteiger partial charge in [-0.15, -0.1) is 0 Å². The summed E-state index contributed by atoms with van der Waals surface area (Å²) in [7, 11) is 1.73. The molecule has 1 rings (SSSR count). The summed E-state index contributed by atoms with van der Waals surface area (Å²) in [6.45, 7) is 8.77. The molecule has 0 aliphatic rings. The van der Waals surface area contributed by atoms with Gasteiger partial charge in [-0.25, -0.2) is 0 Å². The number of aliphatic hydroxyl groups is 1. The Hall–Kier alpha value is -1.59. The Balaban J connectivity index is 2.74. The van der Waals surface area contributed by atoms with Crippen LogP contribution >= 0.6 is 0 Å². The number of nitrogens with zero attached hydrogens (tertiary/aromatic N) is 1. The molecule has 1 atom stereocenters. The van der Waals surface area contributed by atoms with E-state index in [0.29, 0.717) is 13.1 Å². The number of guanidine groups is 1. The van der Waals surface area contributed by atoms with Crippen LogP contribution in [0.4, 0.5) is 0 Å². The summed E-state index contributed by atoms with van der Waals surface area (Å²) in [6.07, 6.45) is 2.78. The van der Waals surface area contributed by atoms with Crippen LogP contribution in [0, 0.1) is 5.41 Å². The second-order valence-corrected chi connectivity index (χ2v) is 6.39. The van der Waals surface area contributed by atoms with Gasteiger partial charge in [-0.3, -0.25) is 4.99 Å². The normalized spacial score (nSPS) is 13.6. The zero-order valence-electron chi connectivity index (χ0n) is 16.2. The fourth-order valence-electron chi connectivity index (χ4n) is 2.93. The van der Waals surface area contributed by atoms with Gasteiger partial charge in [-0.2, -0.15) is 0 Å². The fraction of sp³-hybridized carbons (Fsp3) is 0.650. The van der Waals surface area contributed by atoms with E-state index < -0.39 is 0 Å². The molecule has 1 aromatic rings. The summed E-state index contributed by atoms with van der Waals surface area (Å²) >= 11 is 0. The summed E-state index contributed by atoms with van der Waals surface area (Å²) in [6, 6.07) is 10.2. The lowest BCUT2D eigenvalue weighted by Gasteiger charge is -2.29. The van der Waals surface area contributed by atoms with E-state index in [9.17, 15) is 5.11 Å². The quantitative estimate of drug-likeness (QED) is 0.424. The molecule has 0 heterocycles. The van der Waals surface area contributed by atoms with Crippen LogP contribution in [0.25, 0.3) is 0 Å². The van der Waals surface area contributed by atoms with Crippen molar-refractivity contribution < 1.29 is 9.84 Å². The molecule has 1 aromatic carbocycles. The first-order valence-corrected chi connectivity index (χ1v) is 9.35. The van der Waals surface area contributed by atoms with E-state index in [4.69, 9.17) is 9.73 Å². The SMILES string of the molecule is CCNC(=NCC(CC)(CC)CCO)NCC(OC)c1ccccc1. The Morgan fingerprint density at radius 2 is 1.84 bits per heavy atom. The number of ether oxygens (including phenoxy) is 1. The highest BCUT2D eigenvalue weighted by molar-refractivity contribution is 5.79. The molecule has 25 heavy (non-hydrogen) atoms. The van der Waals surface area contributed by atoms with Crippen LogP contribution in [-0.2, 0) is 4.74 Å². The van der Waals surface area contributed by atoms with E-state index in [0.717, 1.165) is 37.3 Å². The smallest absolute Gasteiger partial charge is 0.191 e. The van der Waals surface area contributed by atoms with Gasteiger partial charge in [0.1, 0.15) is 0 Å². The monoisotopic (exact) mass is 349 g/mol. The number of nitrogens with one attached hydrogen (secondary N) is 2. The van der Waals surface area contributed by atoms with E-state index in [2.05, 4.69) is 43.5 Å². The predicted molar refractivity (Wildman–Crippen MR) is 105 cm³/mol. The third kappa shape index (κ3) is 7.04. The number of benzene rings is 1. The second-order valence-electron chi connectivity index (χ2n) is 6.39. The molecule has 0 saturated carbocycles. The lowest BCUT2D eigenvalue weighted by Crippen LogP contribution is -2.40. The van der Waals surface area contributed by atoms with Crippen LogP contribution in [0.1, 0.15) is 51.7 Å². The molecule has 1 unspecified atom stereocenters. The van der Waals surface area contributed by atoms with Gasteiger partial charge in [0.25, 0.3) is 0 Å². The average molecular weight is 350 g/mol. The van der Waals surface area contributed by atoms with Crippen molar-refractivity contribution >= 4 is 5.96 Å². The Morgan fingerprint density at radius 3 is 2.36 bits per heavy atom. The number of methoxy groups -OCH3 is 1. The molecule has 0 aliphatic heterocycles. The maximum absolute atomic E-state index is 9.37. The Kier molecular flexibility index (Phi) is 10.2. The van der Waals surface area contributed by atoms with Crippen molar-refractivity contribution in [2.75, 3.05) is 33.4 Å². The fourth-order valence-corrected chi connectivity index (χ4v) is 2.93. The summed E-state index contributed by atoms with van der Waals surface area (Å²) in [5.74, 6) is 0.796. The van der Waals surface area contributed by atoms with E-state index in [1.54, 1.807) is 7.11 Å². The lowest BCUT2D eigenvalue weighted by atomic mass is 9.79. The third-order valence-corrected chi connectivity index (χ3v) is 4.97. The molecule has 0 fully saturated rings. The Morgan fingerprint density at radius 1 is 1.16 bits per heavy atom. The van der Waals surface area contributed by atoms with Crippen molar-refractivity contribution in [1.29, 1.82) is 0 Å². The molecule has 0 amide bonds. The topological polar surface area (TPSA) is 65.9 Å². The van der Waals surface area contributed by atoms with Gasteiger partial charge in [0.05, 0.1) is 6.10 Å². The van der Waals surface area contributed by atoms with Gasteiger partial charge in [0.2, 0.25) is 0 Å². The summed E-state index contributed by atoms with van der Waals surface area (Å²) < 4.78 is 5.61. The van der Waals surface area contributed by atoms with Gasteiger partial charge in [0.15, 0.2) is 5.96 Å². The number of aliphatic hydroxyl groups excluding tert-OH is 1. The molecule has 0 radical (unpaired) electrons. The third-order valence-electron chi connectivity index (χ3n) is 4.97. The van der Waals surface area contributed by atoms with Gasteiger partial charge < -0.3 is 20.5 Å². The minimum Gasteiger partial charge on any atom is -0.396 e. The average Bonchev–Trinajstić information content (AvgIpc) is 2.66. The highest BCUT2D eigenvalue weighted by atomic mass is 16.5. The Labute approximate surface area is 152 Å². The number of aliphatic imine (C=N–C) groups is 1. The summed E-state index contributed by atoms with van der Waals surface area (Å²) in [5.41, 5.74) is 1.21. The number of rotatable bonds is 11. The molecule has 142 valence electrons. The number of hydrogen-bond acceptors (Lipinski definition) is 3. The van der Waals surface area contributed by atoms with Gasteiger partial charge in [0, 0.05) is 33.4 Å². The van der Waals surface area contributed by atoms with Crippen molar-refractivity contribution in [2.45, 2.75) is 46.1 Å². The Bertz CT molecular complexity index is 487. The van der Waals surface area contributed by atoms with Crippen molar-refractivity contribution in [2.24, 2.45) is 10.4 Å². The number of hydrogen-bond donors (Lipinski definition) is 3. The van der Waals surface area contributed by atoms with Crippen LogP contribution in [0.5, 0.6) is 0 Å². The first kappa shape index (κ1) is 21.5. The van der Waals surface area contributed by atoms with Crippen LogP contribution in [0.2, 0.25) is 0 Å². The van der Waals surface area contributed by atoms with Gasteiger partial charge >= 0.3 is 0 Å². The maximum atomic E-state index is 9.37. The highest BCUT2D eigenvalue weighted by Gasteiger charge is 2.25. The van der Waals surface area contributed by atoms with Gasteiger partial charge in [-0.05, 0) is 37.2 Å². The van der Waals surface area contributed by atoms with E-state index in [1.165, 1.54) is 0 Å². The zero-order chi connectivity index (χ0) is 18.5. The molecule has 0 spiro atoms. The molecular weight excluding hydrogens is 314 g/mol. The van der Waals surface area contributed by atoms with E-state index in [1.807, 2.05) is 18.2 Å². The van der Waals surface area contributed by atoms with Crippen molar-refractivity contribution in [1.82, 2.24) is 10.6 Å². The van der Waals surface area contributed by atoms with Crippen molar-refractivity contribution in [3.63, 3.8) is 0 Å². The summed E-state index contributed by atoms with van der Waals surface area (Å²) in [5, 5.41) is 16.1. The molecule has 5 nitrogen and oxygen atoms in total. The second kappa shape index (κ2) is 11.9. The summed E-state index contributed by atoms with van der Waals surface area (Å²) in [4.78, 5) is 4.77. The van der Waals surface area contributed by atoms with Crippen LogP contribution < -0.4 is 10.6 Å². The first-order chi connectivity index (χ1) is 12.1. The minimum absolute atomic E-state index is 0.0235. The molecule has 5 heteroatoms. The minimum atomic E-state index is -0.0235. The highest BCUT2D eigenvalue weighted by Crippen LogP contribution is 2.30. The maximum Gasteiger partial charge on any atom is 0.191 e. The molecule has 0 saturated heterocycles. The van der Waals surface area contributed by atoms with Gasteiger partial charge in [-0.1, -0.05) is 44.2 Å². The molecule has 0 bridgehead atoms. The largest absolute Gasteiger partial charge is 0.396 e. The molecular formula is C20H35N3O2. The van der Waals surface area contributed by atoms with E-state index >= 15 is 0 Å². The lowest BCUT2D eigenvalue weighted by molar-refractivity contribution is 0.106. The van der Waals surface area contributed by atoms with Crippen LogP contribution in [0.15, 0.2) is 35.3 Å². The standard InChI is InChI=1S/C20H35N3O2/c1-5-20(6-2,13-14-24)16-23-19(21-7-3)22-15-18(25-4)17-11-9-8-10-12-17/h8-12,18,24H,5-7,13-16H2,1-4H3,(H2,21,22,23).